The maximum absolute atomic E-state index is 13.4. The van der Waals surface area contributed by atoms with Crippen LogP contribution >= 0.6 is 0 Å². The van der Waals surface area contributed by atoms with E-state index in [1.54, 1.807) is 12.3 Å². The van der Waals surface area contributed by atoms with E-state index in [0.29, 0.717) is 29.0 Å². The van der Waals surface area contributed by atoms with E-state index in [4.69, 9.17) is 0 Å². The highest BCUT2D eigenvalue weighted by atomic mass is 19.1. The number of amides is 1. The molecule has 6 nitrogen and oxygen atoms in total. The number of nitrogens with zero attached hydrogens (tertiary/aromatic N) is 3. The summed E-state index contributed by atoms with van der Waals surface area (Å²) in [6.07, 6.45) is 5.11. The Morgan fingerprint density at radius 3 is 3.16 bits per heavy atom. The third-order valence-electron chi connectivity index (χ3n) is 4.74. The van der Waals surface area contributed by atoms with Gasteiger partial charge in [0.2, 0.25) is 0 Å². The van der Waals surface area contributed by atoms with Crippen molar-refractivity contribution in [3.63, 3.8) is 0 Å². The summed E-state index contributed by atoms with van der Waals surface area (Å²) in [5.74, 6) is 0.392. The predicted octanol–water partition coefficient (Wildman–Crippen LogP) is 3.35. The van der Waals surface area contributed by atoms with Crippen molar-refractivity contribution in [1.29, 1.82) is 0 Å². The van der Waals surface area contributed by atoms with Gasteiger partial charge in [0, 0.05) is 12.2 Å². The molecule has 1 aliphatic heterocycles. The maximum Gasteiger partial charge on any atom is 0.257 e. The molecule has 0 bridgehead atoms. The number of aromatic nitrogens is 4. The molecule has 1 fully saturated rings. The van der Waals surface area contributed by atoms with Crippen molar-refractivity contribution >= 4 is 16.9 Å². The van der Waals surface area contributed by atoms with Crippen molar-refractivity contribution in [3.05, 3.63) is 47.3 Å². The Hall–Kier alpha value is -2.70. The molecule has 0 saturated carbocycles. The van der Waals surface area contributed by atoms with Crippen LogP contribution in [0, 0.1) is 5.82 Å². The molecule has 2 N–H and O–H groups in total. The number of likely N-dealkylation sites (tertiary alicyclic amines) is 1. The molecule has 1 aliphatic rings. The van der Waals surface area contributed by atoms with E-state index in [0.717, 1.165) is 31.4 Å². The minimum Gasteiger partial charge on any atom is -0.340 e. The molecule has 0 unspecified atom stereocenters. The van der Waals surface area contributed by atoms with Gasteiger partial charge in [-0.25, -0.2) is 9.37 Å². The van der Waals surface area contributed by atoms with Crippen LogP contribution < -0.4 is 0 Å². The molecule has 0 radical (unpaired) electrons. The number of rotatable bonds is 4. The van der Waals surface area contributed by atoms with Crippen molar-refractivity contribution in [3.8, 4) is 0 Å². The number of aryl methyl sites for hydroxylation is 1. The number of H-pyrrole nitrogens is 2. The summed E-state index contributed by atoms with van der Waals surface area (Å²) >= 11 is 0. The van der Waals surface area contributed by atoms with Gasteiger partial charge in [-0.15, -0.1) is 0 Å². The molecule has 1 saturated heterocycles. The maximum atomic E-state index is 13.4. The van der Waals surface area contributed by atoms with E-state index in [-0.39, 0.29) is 17.8 Å². The minimum absolute atomic E-state index is 0.0219. The zero-order chi connectivity index (χ0) is 17.4. The van der Waals surface area contributed by atoms with E-state index < -0.39 is 0 Å². The third-order valence-corrected chi connectivity index (χ3v) is 4.74. The van der Waals surface area contributed by atoms with Crippen LogP contribution in [-0.4, -0.2) is 37.5 Å². The van der Waals surface area contributed by atoms with Gasteiger partial charge in [0.1, 0.15) is 11.6 Å². The van der Waals surface area contributed by atoms with Crippen molar-refractivity contribution in [1.82, 2.24) is 25.1 Å². The van der Waals surface area contributed by atoms with Crippen molar-refractivity contribution in [2.75, 3.05) is 6.54 Å². The topological polar surface area (TPSA) is 77.7 Å². The number of halogens is 1. The molecule has 0 spiro atoms. The van der Waals surface area contributed by atoms with E-state index in [9.17, 15) is 9.18 Å². The molecule has 4 rings (SSSR count). The minimum atomic E-state index is -0.301. The first-order chi connectivity index (χ1) is 12.2. The van der Waals surface area contributed by atoms with Crippen molar-refractivity contribution < 1.29 is 9.18 Å². The summed E-state index contributed by atoms with van der Waals surface area (Å²) in [4.78, 5) is 22.6. The third kappa shape index (κ3) is 2.79. The second kappa shape index (κ2) is 6.31. The molecular formula is C18H20FN5O. The average molecular weight is 341 g/mol. The van der Waals surface area contributed by atoms with Gasteiger partial charge < -0.3 is 9.88 Å². The predicted molar refractivity (Wildman–Crippen MR) is 91.6 cm³/mol. The van der Waals surface area contributed by atoms with Crippen LogP contribution in [0.5, 0.6) is 0 Å². The van der Waals surface area contributed by atoms with Gasteiger partial charge >= 0.3 is 0 Å². The summed E-state index contributed by atoms with van der Waals surface area (Å²) < 4.78 is 13.4. The van der Waals surface area contributed by atoms with Crippen LogP contribution in [0.1, 0.15) is 54.1 Å². The van der Waals surface area contributed by atoms with Gasteiger partial charge in [0.15, 0.2) is 0 Å². The van der Waals surface area contributed by atoms with E-state index in [1.165, 1.54) is 12.1 Å². The number of aromatic amines is 2. The Bertz CT molecular complexity index is 915. The Balaban J connectivity index is 1.65. The quantitative estimate of drug-likeness (QED) is 0.764. The van der Waals surface area contributed by atoms with Crippen LogP contribution in [0.25, 0.3) is 11.0 Å². The molecule has 1 amide bonds. The van der Waals surface area contributed by atoms with Crippen LogP contribution in [-0.2, 0) is 6.42 Å². The van der Waals surface area contributed by atoms with Crippen LogP contribution in [0.2, 0.25) is 0 Å². The first-order valence-corrected chi connectivity index (χ1v) is 8.65. The van der Waals surface area contributed by atoms with E-state index in [2.05, 4.69) is 27.1 Å². The number of imidazole rings is 1. The molecule has 3 aromatic rings. The molecule has 3 heterocycles. The van der Waals surface area contributed by atoms with Gasteiger partial charge in [-0.2, -0.15) is 5.10 Å². The smallest absolute Gasteiger partial charge is 0.257 e. The summed E-state index contributed by atoms with van der Waals surface area (Å²) in [5.41, 5.74) is 2.88. The highest BCUT2D eigenvalue weighted by molar-refractivity contribution is 5.95. The lowest BCUT2D eigenvalue weighted by Gasteiger charge is -2.23. The van der Waals surface area contributed by atoms with Gasteiger partial charge in [-0.3, -0.25) is 9.89 Å². The number of hydrogen-bond acceptors (Lipinski definition) is 3. The van der Waals surface area contributed by atoms with Crippen molar-refractivity contribution in [2.24, 2.45) is 0 Å². The fraction of sp³-hybridized carbons (Fsp3) is 0.389. The number of carbonyl (C=O) groups excluding carboxylic acids is 1. The van der Waals surface area contributed by atoms with Crippen LogP contribution in [0.15, 0.2) is 24.4 Å². The normalized spacial score (nSPS) is 17.5. The zero-order valence-electron chi connectivity index (χ0n) is 14.1. The summed E-state index contributed by atoms with van der Waals surface area (Å²) in [6.45, 7) is 2.76. The highest BCUT2D eigenvalue weighted by Crippen LogP contribution is 2.33. The van der Waals surface area contributed by atoms with E-state index in [1.807, 2.05) is 4.90 Å². The number of fused-ring (bicyclic) bond motifs is 1. The summed E-state index contributed by atoms with van der Waals surface area (Å²) in [7, 11) is 0. The fourth-order valence-electron chi connectivity index (χ4n) is 3.55. The lowest BCUT2D eigenvalue weighted by atomic mass is 10.1. The molecule has 7 heteroatoms. The second-order valence-corrected chi connectivity index (χ2v) is 6.45. The SMILES string of the molecule is CCCc1[nH]ncc1C(=O)N1CCC[C@@H]1c1nc2ccc(F)cc2[nH]1. The van der Waals surface area contributed by atoms with Crippen LogP contribution in [0.3, 0.4) is 0 Å². The number of nitrogens with one attached hydrogen (secondary N) is 2. The van der Waals surface area contributed by atoms with Gasteiger partial charge in [-0.05, 0) is 37.5 Å². The second-order valence-electron chi connectivity index (χ2n) is 6.45. The average Bonchev–Trinajstić information content (AvgIpc) is 3.32. The Labute approximate surface area is 144 Å². The Morgan fingerprint density at radius 1 is 1.44 bits per heavy atom. The van der Waals surface area contributed by atoms with Crippen molar-refractivity contribution in [2.45, 2.75) is 38.6 Å². The summed E-state index contributed by atoms with van der Waals surface area (Å²) in [5, 5.41) is 6.97. The lowest BCUT2D eigenvalue weighted by molar-refractivity contribution is 0.0729. The molecule has 0 aliphatic carbocycles. The van der Waals surface area contributed by atoms with E-state index >= 15 is 0 Å². The largest absolute Gasteiger partial charge is 0.340 e. The monoisotopic (exact) mass is 341 g/mol. The van der Waals surface area contributed by atoms with Crippen LogP contribution in [0.4, 0.5) is 4.39 Å². The lowest BCUT2D eigenvalue weighted by Crippen LogP contribution is -2.31. The molecule has 25 heavy (non-hydrogen) atoms. The number of carbonyl (C=O) groups is 1. The molecule has 2 aromatic heterocycles. The Kier molecular flexibility index (Phi) is 3.99. The number of benzene rings is 1. The van der Waals surface area contributed by atoms with Gasteiger partial charge in [0.05, 0.1) is 28.8 Å². The zero-order valence-corrected chi connectivity index (χ0v) is 14.1. The fourth-order valence-corrected chi connectivity index (χ4v) is 3.55. The highest BCUT2D eigenvalue weighted by Gasteiger charge is 2.34. The molecular weight excluding hydrogens is 321 g/mol. The summed E-state index contributed by atoms with van der Waals surface area (Å²) in [6, 6.07) is 4.36. The number of hydrogen-bond donors (Lipinski definition) is 2. The molecule has 1 aromatic carbocycles. The molecule has 130 valence electrons. The standard InChI is InChI=1S/C18H20FN5O/c1-2-4-13-12(10-20-23-13)18(25)24-8-3-5-16(24)17-21-14-7-6-11(19)9-15(14)22-17/h6-7,9-10,16H,2-5,8H2,1H3,(H,20,23)(H,21,22)/t16-/m1/s1. The molecule has 1 atom stereocenters. The first-order valence-electron chi connectivity index (χ1n) is 8.65. The first kappa shape index (κ1) is 15.8. The van der Waals surface area contributed by atoms with Gasteiger partial charge in [0.25, 0.3) is 5.91 Å². The Morgan fingerprint density at radius 2 is 2.32 bits per heavy atom. The van der Waals surface area contributed by atoms with Gasteiger partial charge in [-0.1, -0.05) is 13.3 Å².